The zero-order valence-electron chi connectivity index (χ0n) is 55.7. The van der Waals surface area contributed by atoms with Gasteiger partial charge in [0.2, 0.25) is 5.75 Å². The summed E-state index contributed by atoms with van der Waals surface area (Å²) in [5, 5.41) is 63.3. The van der Waals surface area contributed by atoms with Crippen LogP contribution in [0.5, 0.6) is 34.5 Å². The van der Waals surface area contributed by atoms with E-state index in [-0.39, 0.29) is 95.1 Å². The number of rotatable bonds is 13. The van der Waals surface area contributed by atoms with Crippen LogP contribution in [0, 0.1) is 45.8 Å². The number of H-pyrrole nitrogens is 1. The number of fused-ring (bicyclic) bond motifs is 3. The molecule has 15 nitrogen and oxygen atoms in total. The van der Waals surface area contributed by atoms with Crippen molar-refractivity contribution in [2.75, 3.05) is 31.7 Å². The predicted octanol–water partition coefficient (Wildman–Crippen LogP) is 15.3. The molecule has 7 aliphatic carbocycles. The van der Waals surface area contributed by atoms with Crippen LogP contribution in [0.2, 0.25) is 0 Å². The Hall–Kier alpha value is -8.71. The number of Topliss-reactive ketones (excluding diaryl/α,β-unsaturated/α-hetero) is 2. The SMILES string of the molecule is COc1cc(C2CC(=O)CC(OC(C)=O)CCC34C5=CC=CC3CC=CC4c3c[nH]cc3C(C#CC5)C(c3cccc(O)c3)C3=CCNC(=C3)N(CCC(=O)C3CCCC3)c3ccc4c5c(n2cc35)CC2(CCC3(CCC(CCCO)C3)C2)C4O)cc(O)c1Oc1cccc(O)c1. The average Bonchev–Trinajstić information content (AvgIpc) is 1.61. The minimum Gasteiger partial charge on any atom is -0.508 e. The summed E-state index contributed by atoms with van der Waals surface area (Å²) in [6.07, 6.45) is 34.6. The van der Waals surface area contributed by atoms with Crippen molar-refractivity contribution < 1.29 is 54.1 Å². The van der Waals surface area contributed by atoms with E-state index in [9.17, 15) is 35.1 Å². The molecule has 2 aromatic heterocycles. The Morgan fingerprint density at radius 1 is 0.876 bits per heavy atom. The minimum atomic E-state index is -0.835. The van der Waals surface area contributed by atoms with Gasteiger partial charge in [-0.05, 0) is 189 Å². The highest BCUT2D eigenvalue weighted by molar-refractivity contribution is 6.01. The number of hydrogen-bond acceptors (Lipinski definition) is 13. The molecule has 9 aliphatic rings. The number of aromatic hydroxyl groups is 3. The molecule has 11 atom stereocenters. The van der Waals surface area contributed by atoms with Crippen molar-refractivity contribution in [2.45, 2.75) is 171 Å². The summed E-state index contributed by atoms with van der Waals surface area (Å²) in [5.74, 6) is 7.96. The topological polar surface area (TPSA) is 216 Å². The number of carbonyl (C=O) groups is 3. The van der Waals surface area contributed by atoms with Gasteiger partial charge in [-0.2, -0.15) is 0 Å². The number of methoxy groups -OCH3 is 1. The van der Waals surface area contributed by atoms with Gasteiger partial charge < -0.3 is 59.5 Å². The number of esters is 1. The molecular weight excluding hydrogens is 1220 g/mol. The number of aromatic amines is 1. The summed E-state index contributed by atoms with van der Waals surface area (Å²) in [7, 11) is 1.50. The summed E-state index contributed by atoms with van der Waals surface area (Å²) >= 11 is 0. The third kappa shape index (κ3) is 11.9. The van der Waals surface area contributed by atoms with E-state index in [1.807, 2.05) is 18.2 Å². The Balaban J connectivity index is 0.959. The number of hydrogen-bond donors (Lipinski definition) is 7. The maximum atomic E-state index is 16.0. The van der Waals surface area contributed by atoms with Gasteiger partial charge in [0.1, 0.15) is 40.7 Å². The molecular formula is C82H90N4O11. The summed E-state index contributed by atoms with van der Waals surface area (Å²) in [4.78, 5) is 50.0. The number of ketones is 2. The van der Waals surface area contributed by atoms with Crippen LogP contribution in [0.4, 0.5) is 5.69 Å². The second-order valence-corrected chi connectivity index (χ2v) is 29.7. The number of carbonyl (C=O) groups excluding carboxylic acids is 3. The Morgan fingerprint density at radius 3 is 2.53 bits per heavy atom. The molecule has 0 radical (unpaired) electrons. The van der Waals surface area contributed by atoms with Gasteiger partial charge in [-0.1, -0.05) is 91.0 Å². The average molecular weight is 1310 g/mol. The normalized spacial score (nSPS) is 29.0. The first kappa shape index (κ1) is 64.3. The van der Waals surface area contributed by atoms with Crippen LogP contribution in [0.3, 0.4) is 0 Å². The lowest BCUT2D eigenvalue weighted by molar-refractivity contribution is -0.148. The zero-order valence-corrected chi connectivity index (χ0v) is 55.7. The fraction of sp³-hybridized carbons (Fsp3) is 0.451. The van der Waals surface area contributed by atoms with Gasteiger partial charge in [-0.25, -0.2) is 0 Å². The molecule has 4 aromatic carbocycles. The van der Waals surface area contributed by atoms with E-state index < -0.39 is 46.9 Å². The maximum absolute atomic E-state index is 16.0. The number of anilines is 1. The van der Waals surface area contributed by atoms with Gasteiger partial charge in [0.05, 0.1) is 30.9 Å². The number of ether oxygens (including phenoxy) is 3. The van der Waals surface area contributed by atoms with Crippen LogP contribution in [-0.2, 0) is 25.5 Å². The number of aromatic nitrogens is 2. The van der Waals surface area contributed by atoms with Crippen molar-refractivity contribution in [3.63, 3.8) is 0 Å². The summed E-state index contributed by atoms with van der Waals surface area (Å²) in [5.41, 5.74) is 7.27. The molecule has 7 N–H and O–H groups in total. The molecule has 6 bridgehead atoms. The van der Waals surface area contributed by atoms with Gasteiger partial charge in [0.25, 0.3) is 0 Å². The smallest absolute Gasteiger partial charge is 0.302 e. The van der Waals surface area contributed by atoms with Crippen molar-refractivity contribution in [3.05, 3.63) is 184 Å². The molecule has 11 unspecified atom stereocenters. The van der Waals surface area contributed by atoms with E-state index >= 15 is 4.79 Å². The lowest BCUT2D eigenvalue weighted by Crippen LogP contribution is -2.41. The van der Waals surface area contributed by atoms with Crippen LogP contribution >= 0.6 is 0 Å². The van der Waals surface area contributed by atoms with E-state index in [1.54, 1.807) is 24.3 Å². The van der Waals surface area contributed by atoms with Crippen molar-refractivity contribution >= 4 is 34.0 Å². The van der Waals surface area contributed by atoms with Crippen molar-refractivity contribution in [1.29, 1.82) is 0 Å². The first-order valence-corrected chi connectivity index (χ1v) is 35.6. The number of aliphatic hydroxyl groups is 2. The molecule has 4 heterocycles. The molecule has 2 aliphatic heterocycles. The van der Waals surface area contributed by atoms with Gasteiger partial charge in [0.15, 0.2) is 11.5 Å². The number of phenolic OH excluding ortho intramolecular Hbond substituents is 3. The number of benzene rings is 4. The fourth-order valence-electron chi connectivity index (χ4n) is 19.8. The number of nitrogens with zero attached hydrogens (tertiary/aromatic N) is 2. The fourth-order valence-corrected chi connectivity index (χ4v) is 19.8. The minimum absolute atomic E-state index is 0.0200. The zero-order chi connectivity index (χ0) is 66.7. The molecule has 0 saturated heterocycles. The van der Waals surface area contributed by atoms with Gasteiger partial charge >= 0.3 is 5.97 Å². The van der Waals surface area contributed by atoms with E-state index in [0.717, 1.165) is 139 Å². The van der Waals surface area contributed by atoms with E-state index in [4.69, 9.17) is 14.2 Å². The molecule has 3 saturated carbocycles. The molecule has 15 rings (SSSR count). The largest absolute Gasteiger partial charge is 0.508 e. The van der Waals surface area contributed by atoms with Crippen molar-refractivity contribution in [2.24, 2.45) is 34.0 Å². The Kier molecular flexibility index (Phi) is 17.4. The molecule has 3 spiro atoms. The first-order chi connectivity index (χ1) is 47.1. The van der Waals surface area contributed by atoms with Gasteiger partial charge in [0, 0.05) is 122 Å². The highest BCUT2D eigenvalue weighted by atomic mass is 16.5. The van der Waals surface area contributed by atoms with Crippen LogP contribution in [0.15, 0.2) is 151 Å². The maximum Gasteiger partial charge on any atom is 0.302 e. The number of dihydropyridines is 1. The quantitative estimate of drug-likeness (QED) is 0.0326. The first-order valence-electron chi connectivity index (χ1n) is 35.6. The summed E-state index contributed by atoms with van der Waals surface area (Å²) in [6, 6.07) is 20.7. The van der Waals surface area contributed by atoms with Crippen LogP contribution in [0.25, 0.3) is 10.8 Å². The van der Waals surface area contributed by atoms with E-state index in [2.05, 4.69) is 111 Å². The predicted molar refractivity (Wildman–Crippen MR) is 373 cm³/mol. The lowest BCUT2D eigenvalue weighted by Gasteiger charge is -2.50. The number of nitrogens with one attached hydrogen (secondary N) is 2. The third-order valence-electron chi connectivity index (χ3n) is 24.1. The van der Waals surface area contributed by atoms with E-state index in [1.165, 1.54) is 31.7 Å². The molecule has 15 heteroatoms. The second kappa shape index (κ2) is 26.3. The molecule has 0 amide bonds. The lowest BCUT2D eigenvalue weighted by atomic mass is 9.53. The Labute approximate surface area is 568 Å². The molecule has 6 aromatic rings. The molecule has 504 valence electrons. The van der Waals surface area contributed by atoms with Crippen LogP contribution in [-0.4, -0.2) is 85.5 Å². The van der Waals surface area contributed by atoms with Crippen LogP contribution in [0.1, 0.15) is 192 Å². The highest BCUT2D eigenvalue weighted by Crippen LogP contribution is 2.67. The highest BCUT2D eigenvalue weighted by Gasteiger charge is 2.57. The van der Waals surface area contributed by atoms with E-state index in [0.29, 0.717) is 50.3 Å². The van der Waals surface area contributed by atoms with Gasteiger partial charge in [-0.15, -0.1) is 0 Å². The number of aliphatic hydroxyl groups excluding tert-OH is 2. The Morgan fingerprint density at radius 2 is 1.71 bits per heavy atom. The Bertz CT molecular complexity index is 4300. The van der Waals surface area contributed by atoms with Crippen LogP contribution < -0.4 is 19.7 Å². The molecule has 97 heavy (non-hydrogen) atoms. The number of allylic oxidation sites excluding steroid dienone is 8. The van der Waals surface area contributed by atoms with Crippen molar-refractivity contribution in [3.8, 4) is 46.3 Å². The van der Waals surface area contributed by atoms with Gasteiger partial charge in [-0.3, -0.25) is 14.4 Å². The number of phenols is 3. The third-order valence-corrected chi connectivity index (χ3v) is 24.1. The summed E-state index contributed by atoms with van der Waals surface area (Å²) < 4.78 is 21.0. The van der Waals surface area contributed by atoms with Crippen molar-refractivity contribution in [1.82, 2.24) is 14.9 Å². The molecule has 3 fully saturated rings. The standard InChI is InChI=1S/C82H90N4O11/c1-50(88)96-62-27-31-82-56-15-6-16-57(82)18-8-23-68(82)66-47-83-46-65(66)63(22-7-17-56)76(53-14-5-19-58(89)37-53)54-28-34-84-75(40-54)85(35-29-72(92)52-12-3-4-13-52)69-25-24-64-77-67(69)48-86(71(77)45-81(79(64)94)33-32-80(49-81)30-26-51(44-80)11-10-36-87)70(43-60(91)42-62)55-38-73(93)78(74(39-55)95-2)97-61-21-9-20-59(90)41-61/h5-6,8-9,14-16,19-21,23-25,28,37-41,46-48,51-52,57,62-63,68,70,76,79,83-84,87,89-90,93-94H,3-4,10-13,17-18,26-27,29-36,42-45,49H2,1-2H3. The summed E-state index contributed by atoms with van der Waals surface area (Å²) in [6.45, 7) is 2.35. The monoisotopic (exact) mass is 1310 g/mol. The second-order valence-electron chi connectivity index (χ2n) is 29.7.